The average Bonchev–Trinajstić information content (AvgIpc) is 2.72. The van der Waals surface area contributed by atoms with Crippen LogP contribution >= 0.6 is 0 Å². The highest BCUT2D eigenvalue weighted by atomic mass is 15.2. The number of nitrogens with zero attached hydrogens (tertiary/aromatic N) is 1. The molecule has 3 nitrogen and oxygen atoms in total. The van der Waals surface area contributed by atoms with Crippen LogP contribution in [0.4, 0.5) is 0 Å². The Morgan fingerprint density at radius 2 is 2.22 bits per heavy atom. The summed E-state index contributed by atoms with van der Waals surface area (Å²) in [6.07, 6.45) is 8.08. The summed E-state index contributed by atoms with van der Waals surface area (Å²) in [5.74, 6) is 3.98. The first-order chi connectivity index (χ1) is 8.70. The second-order valence-corrected chi connectivity index (χ2v) is 6.69. The molecule has 0 saturated heterocycles. The summed E-state index contributed by atoms with van der Waals surface area (Å²) >= 11 is 0. The Labute approximate surface area is 111 Å². The molecule has 2 fully saturated rings. The SMILES string of the molecule is CCCC[C@H]1[C@H](C)C[C@@H]2CC[C@@H]3NC(N)=N[C@H]1C23. The fourth-order valence-electron chi connectivity index (χ4n) is 4.81. The zero-order valence-corrected chi connectivity index (χ0v) is 11.7. The van der Waals surface area contributed by atoms with Gasteiger partial charge in [0.1, 0.15) is 0 Å². The van der Waals surface area contributed by atoms with Gasteiger partial charge in [-0.25, -0.2) is 4.99 Å². The van der Waals surface area contributed by atoms with Crippen LogP contribution in [-0.4, -0.2) is 18.0 Å². The van der Waals surface area contributed by atoms with Crippen molar-refractivity contribution in [3.63, 3.8) is 0 Å². The molecule has 2 saturated carbocycles. The number of nitrogens with one attached hydrogen (secondary N) is 1. The third kappa shape index (κ3) is 1.92. The summed E-state index contributed by atoms with van der Waals surface area (Å²) in [6.45, 7) is 4.73. The Hall–Kier alpha value is -0.730. The minimum absolute atomic E-state index is 0.513. The van der Waals surface area contributed by atoms with Crippen molar-refractivity contribution < 1.29 is 0 Å². The van der Waals surface area contributed by atoms with E-state index in [1.165, 1.54) is 38.5 Å². The van der Waals surface area contributed by atoms with E-state index in [1.807, 2.05) is 0 Å². The predicted molar refractivity (Wildman–Crippen MR) is 75.3 cm³/mol. The van der Waals surface area contributed by atoms with Gasteiger partial charge in [0.05, 0.1) is 6.04 Å². The van der Waals surface area contributed by atoms with E-state index >= 15 is 0 Å². The van der Waals surface area contributed by atoms with E-state index in [9.17, 15) is 0 Å². The van der Waals surface area contributed by atoms with Crippen molar-refractivity contribution in [2.24, 2.45) is 34.4 Å². The summed E-state index contributed by atoms with van der Waals surface area (Å²) in [5, 5.41) is 3.43. The smallest absolute Gasteiger partial charge is 0.189 e. The maximum absolute atomic E-state index is 6.00. The number of nitrogens with two attached hydrogens (primary N) is 1. The number of guanidine groups is 1. The van der Waals surface area contributed by atoms with Crippen molar-refractivity contribution >= 4 is 5.96 Å². The standard InChI is InChI=1S/C15H27N3/c1-3-4-5-11-9(2)8-10-6-7-12-13(10)14(11)18-15(16)17-12/h9-14H,3-8H2,1-2H3,(H3,16,17,18)/t9-,10+,11+,12+,13?,14-/m1/s1. The molecular formula is C15H27N3. The summed E-state index contributed by atoms with van der Waals surface area (Å²) in [6, 6.07) is 1.13. The van der Waals surface area contributed by atoms with E-state index < -0.39 is 0 Å². The Balaban J connectivity index is 1.84. The molecule has 1 unspecified atom stereocenters. The molecule has 0 aromatic heterocycles. The van der Waals surface area contributed by atoms with Crippen molar-refractivity contribution in [3.05, 3.63) is 0 Å². The average molecular weight is 249 g/mol. The van der Waals surface area contributed by atoms with Gasteiger partial charge in [-0.1, -0.05) is 26.7 Å². The van der Waals surface area contributed by atoms with Crippen molar-refractivity contribution in [2.45, 2.75) is 64.5 Å². The molecule has 102 valence electrons. The molecule has 1 heterocycles. The lowest BCUT2D eigenvalue weighted by Crippen LogP contribution is -2.55. The van der Waals surface area contributed by atoms with Gasteiger partial charge in [-0.2, -0.15) is 0 Å². The zero-order valence-electron chi connectivity index (χ0n) is 11.7. The summed E-state index contributed by atoms with van der Waals surface area (Å²) < 4.78 is 0. The molecule has 0 aromatic carbocycles. The second-order valence-electron chi connectivity index (χ2n) is 6.69. The lowest BCUT2D eigenvalue weighted by Gasteiger charge is -2.46. The maximum atomic E-state index is 6.00. The summed E-state index contributed by atoms with van der Waals surface area (Å²) in [5.41, 5.74) is 6.00. The molecule has 6 atom stereocenters. The first-order valence-electron chi connectivity index (χ1n) is 7.80. The minimum atomic E-state index is 0.513. The van der Waals surface area contributed by atoms with Crippen molar-refractivity contribution in [3.8, 4) is 0 Å². The monoisotopic (exact) mass is 249 g/mol. The lowest BCUT2D eigenvalue weighted by atomic mass is 9.64. The maximum Gasteiger partial charge on any atom is 0.189 e. The number of aliphatic imine (C=N–C) groups is 1. The Kier molecular flexibility index (Phi) is 3.25. The van der Waals surface area contributed by atoms with Gasteiger partial charge in [0, 0.05) is 12.0 Å². The predicted octanol–water partition coefficient (Wildman–Crippen LogP) is 2.51. The quantitative estimate of drug-likeness (QED) is 0.807. The van der Waals surface area contributed by atoms with Gasteiger partial charge >= 0.3 is 0 Å². The first kappa shape index (κ1) is 12.3. The van der Waals surface area contributed by atoms with Crippen molar-refractivity contribution in [1.29, 1.82) is 0 Å². The molecule has 0 aromatic rings. The molecule has 3 rings (SSSR count). The van der Waals surface area contributed by atoms with Gasteiger partial charge in [0.2, 0.25) is 0 Å². The molecule has 3 N–H and O–H groups in total. The molecule has 3 aliphatic rings. The lowest BCUT2D eigenvalue weighted by molar-refractivity contribution is 0.0900. The van der Waals surface area contributed by atoms with E-state index in [1.54, 1.807) is 0 Å². The number of hydrogen-bond donors (Lipinski definition) is 2. The minimum Gasteiger partial charge on any atom is -0.370 e. The Morgan fingerprint density at radius 3 is 3.00 bits per heavy atom. The van der Waals surface area contributed by atoms with Crippen LogP contribution in [0.5, 0.6) is 0 Å². The molecule has 18 heavy (non-hydrogen) atoms. The van der Waals surface area contributed by atoms with Crippen LogP contribution < -0.4 is 11.1 Å². The normalized spacial score (nSPS) is 46.2. The van der Waals surface area contributed by atoms with Crippen molar-refractivity contribution in [2.75, 3.05) is 0 Å². The molecule has 0 spiro atoms. The Bertz CT molecular complexity index is 339. The van der Waals surface area contributed by atoms with Crippen LogP contribution in [0.3, 0.4) is 0 Å². The highest BCUT2D eigenvalue weighted by molar-refractivity contribution is 5.79. The summed E-state index contributed by atoms with van der Waals surface area (Å²) in [4.78, 5) is 4.81. The van der Waals surface area contributed by atoms with Crippen LogP contribution in [0.1, 0.15) is 52.4 Å². The van der Waals surface area contributed by atoms with E-state index in [4.69, 9.17) is 10.7 Å². The number of unbranched alkanes of at least 4 members (excludes halogenated alkanes) is 1. The van der Waals surface area contributed by atoms with Crippen LogP contribution in [0.2, 0.25) is 0 Å². The number of rotatable bonds is 3. The molecule has 0 amide bonds. The third-order valence-corrected chi connectivity index (χ3v) is 5.61. The first-order valence-corrected chi connectivity index (χ1v) is 7.80. The largest absolute Gasteiger partial charge is 0.370 e. The summed E-state index contributed by atoms with van der Waals surface area (Å²) in [7, 11) is 0. The third-order valence-electron chi connectivity index (χ3n) is 5.61. The van der Waals surface area contributed by atoms with Gasteiger partial charge in [-0.05, 0) is 43.4 Å². The van der Waals surface area contributed by atoms with E-state index in [2.05, 4.69) is 19.2 Å². The van der Waals surface area contributed by atoms with Crippen LogP contribution in [0.15, 0.2) is 4.99 Å². The second kappa shape index (κ2) is 4.75. The molecule has 2 aliphatic carbocycles. The molecule has 1 aliphatic heterocycles. The van der Waals surface area contributed by atoms with E-state index in [0.29, 0.717) is 18.0 Å². The Morgan fingerprint density at radius 1 is 1.39 bits per heavy atom. The molecular weight excluding hydrogens is 222 g/mol. The van der Waals surface area contributed by atoms with Crippen molar-refractivity contribution in [1.82, 2.24) is 5.32 Å². The fraction of sp³-hybridized carbons (Fsp3) is 0.933. The van der Waals surface area contributed by atoms with Gasteiger partial charge in [0.25, 0.3) is 0 Å². The van der Waals surface area contributed by atoms with Crippen LogP contribution in [0, 0.1) is 23.7 Å². The van der Waals surface area contributed by atoms with Crippen LogP contribution in [-0.2, 0) is 0 Å². The molecule has 0 bridgehead atoms. The zero-order chi connectivity index (χ0) is 12.7. The van der Waals surface area contributed by atoms with E-state index in [0.717, 1.165) is 23.7 Å². The van der Waals surface area contributed by atoms with Gasteiger partial charge < -0.3 is 11.1 Å². The fourth-order valence-corrected chi connectivity index (χ4v) is 4.81. The topological polar surface area (TPSA) is 50.4 Å². The highest BCUT2D eigenvalue weighted by Crippen LogP contribution is 2.50. The molecule has 0 radical (unpaired) electrons. The van der Waals surface area contributed by atoms with Gasteiger partial charge in [-0.3, -0.25) is 0 Å². The van der Waals surface area contributed by atoms with Gasteiger partial charge in [0.15, 0.2) is 5.96 Å². The van der Waals surface area contributed by atoms with Crippen LogP contribution in [0.25, 0.3) is 0 Å². The van der Waals surface area contributed by atoms with Gasteiger partial charge in [-0.15, -0.1) is 0 Å². The highest BCUT2D eigenvalue weighted by Gasteiger charge is 2.50. The van der Waals surface area contributed by atoms with E-state index in [-0.39, 0.29) is 0 Å². The molecule has 3 heteroatoms. The number of hydrogen-bond acceptors (Lipinski definition) is 3.